The summed E-state index contributed by atoms with van der Waals surface area (Å²) in [5.41, 5.74) is 0.361. The number of amides is 1. The molecule has 1 amide bonds. The van der Waals surface area contributed by atoms with Crippen LogP contribution in [0.15, 0.2) is 24.3 Å². The number of rotatable bonds is 3. The number of hydrogen-bond donors (Lipinski definition) is 1. The van der Waals surface area contributed by atoms with Gasteiger partial charge in [-0.2, -0.15) is 0 Å². The van der Waals surface area contributed by atoms with Crippen LogP contribution in [0.5, 0.6) is 0 Å². The number of nitrogens with zero attached hydrogens (tertiary/aromatic N) is 1. The van der Waals surface area contributed by atoms with E-state index in [9.17, 15) is 19.1 Å². The number of halogens is 1. The number of carboxylic acids is 1. The van der Waals surface area contributed by atoms with Crippen LogP contribution in [-0.4, -0.2) is 28.4 Å². The number of hydrogen-bond acceptors (Lipinski definition) is 2. The summed E-state index contributed by atoms with van der Waals surface area (Å²) in [6.07, 6.45) is 5.42. The lowest BCUT2D eigenvalue weighted by molar-refractivity contribution is -0.148. The van der Waals surface area contributed by atoms with Gasteiger partial charge in [0.2, 0.25) is 5.91 Å². The van der Waals surface area contributed by atoms with Crippen LogP contribution >= 0.6 is 0 Å². The van der Waals surface area contributed by atoms with E-state index in [2.05, 4.69) is 5.92 Å². The van der Waals surface area contributed by atoms with Crippen molar-refractivity contribution in [3.05, 3.63) is 35.6 Å². The first-order chi connectivity index (χ1) is 9.02. The maximum absolute atomic E-state index is 12.9. The van der Waals surface area contributed by atoms with Crippen molar-refractivity contribution < 1.29 is 19.1 Å². The third-order valence-electron chi connectivity index (χ3n) is 3.13. The summed E-state index contributed by atoms with van der Waals surface area (Å²) in [7, 11) is 0. The molecule has 0 saturated carbocycles. The van der Waals surface area contributed by atoms with Gasteiger partial charge in [0.05, 0.1) is 0 Å². The minimum Gasteiger partial charge on any atom is -0.479 e. The molecule has 1 aliphatic rings. The SMILES string of the molecule is C#CC1CC(=O)N(C(C(=O)O)c2ccc(F)cc2)C1. The number of likely N-dealkylation sites (tertiary alicyclic amines) is 1. The molecule has 0 bridgehead atoms. The topological polar surface area (TPSA) is 57.6 Å². The highest BCUT2D eigenvalue weighted by Gasteiger charge is 2.37. The smallest absolute Gasteiger partial charge is 0.331 e. The van der Waals surface area contributed by atoms with E-state index in [4.69, 9.17) is 6.42 Å². The first-order valence-corrected chi connectivity index (χ1v) is 5.76. The Labute approximate surface area is 109 Å². The standard InChI is InChI=1S/C14H12FNO3/c1-2-9-7-12(17)16(8-9)13(14(18)19)10-3-5-11(15)6-4-10/h1,3-6,9,13H,7-8H2,(H,18,19). The zero-order valence-electron chi connectivity index (χ0n) is 10.0. The summed E-state index contributed by atoms with van der Waals surface area (Å²) in [5.74, 6) is 0.291. The quantitative estimate of drug-likeness (QED) is 0.837. The van der Waals surface area contributed by atoms with Crippen molar-refractivity contribution in [1.82, 2.24) is 4.90 Å². The molecule has 1 heterocycles. The number of carboxylic acid groups (broad SMARTS) is 1. The Morgan fingerprint density at radius 3 is 2.58 bits per heavy atom. The Morgan fingerprint density at radius 2 is 2.11 bits per heavy atom. The molecule has 0 aliphatic carbocycles. The average Bonchev–Trinajstić information content (AvgIpc) is 2.73. The van der Waals surface area contributed by atoms with E-state index < -0.39 is 17.8 Å². The van der Waals surface area contributed by atoms with Crippen molar-refractivity contribution in [2.45, 2.75) is 12.5 Å². The molecule has 1 aliphatic heterocycles. The Morgan fingerprint density at radius 1 is 1.47 bits per heavy atom. The highest BCUT2D eigenvalue weighted by molar-refractivity contribution is 5.86. The Bertz CT molecular complexity index is 547. The van der Waals surface area contributed by atoms with Gasteiger partial charge >= 0.3 is 5.97 Å². The van der Waals surface area contributed by atoms with Crippen LogP contribution in [0.3, 0.4) is 0 Å². The molecule has 5 heteroatoms. The van der Waals surface area contributed by atoms with E-state index in [0.29, 0.717) is 5.56 Å². The van der Waals surface area contributed by atoms with E-state index >= 15 is 0 Å². The van der Waals surface area contributed by atoms with Crippen LogP contribution in [-0.2, 0) is 9.59 Å². The van der Waals surface area contributed by atoms with Gasteiger partial charge < -0.3 is 10.0 Å². The van der Waals surface area contributed by atoms with E-state index in [1.165, 1.54) is 29.2 Å². The molecular weight excluding hydrogens is 249 g/mol. The molecular formula is C14H12FNO3. The van der Waals surface area contributed by atoms with E-state index in [1.807, 2.05) is 0 Å². The predicted molar refractivity (Wildman–Crippen MR) is 65.4 cm³/mol. The molecule has 4 nitrogen and oxygen atoms in total. The van der Waals surface area contributed by atoms with Crippen molar-refractivity contribution in [2.75, 3.05) is 6.54 Å². The number of aliphatic carboxylic acids is 1. The average molecular weight is 261 g/mol. The molecule has 19 heavy (non-hydrogen) atoms. The van der Waals surface area contributed by atoms with Gasteiger partial charge in [0, 0.05) is 18.9 Å². The molecule has 1 N–H and O–H groups in total. The third kappa shape index (κ3) is 2.58. The lowest BCUT2D eigenvalue weighted by Gasteiger charge is -2.24. The highest BCUT2D eigenvalue weighted by Crippen LogP contribution is 2.28. The molecule has 0 spiro atoms. The molecule has 1 saturated heterocycles. The number of carbonyl (C=O) groups is 2. The zero-order valence-corrected chi connectivity index (χ0v) is 10.0. The maximum Gasteiger partial charge on any atom is 0.331 e. The van der Waals surface area contributed by atoms with Gasteiger partial charge in [-0.1, -0.05) is 12.1 Å². The summed E-state index contributed by atoms with van der Waals surface area (Å²) >= 11 is 0. The Balaban J connectivity index is 2.32. The largest absolute Gasteiger partial charge is 0.479 e. The number of terminal acetylenes is 1. The van der Waals surface area contributed by atoms with Gasteiger partial charge in [0.25, 0.3) is 0 Å². The van der Waals surface area contributed by atoms with Gasteiger partial charge in [0.15, 0.2) is 6.04 Å². The monoisotopic (exact) mass is 261 g/mol. The maximum atomic E-state index is 12.9. The molecule has 2 unspecified atom stereocenters. The van der Waals surface area contributed by atoms with Crippen LogP contribution < -0.4 is 0 Å². The highest BCUT2D eigenvalue weighted by atomic mass is 19.1. The van der Waals surface area contributed by atoms with E-state index in [1.54, 1.807) is 0 Å². The van der Waals surface area contributed by atoms with Gasteiger partial charge in [-0.05, 0) is 17.7 Å². The van der Waals surface area contributed by atoms with Crippen LogP contribution in [0.25, 0.3) is 0 Å². The summed E-state index contributed by atoms with van der Waals surface area (Å²) in [4.78, 5) is 24.4. The zero-order chi connectivity index (χ0) is 14.0. The van der Waals surface area contributed by atoms with Crippen LogP contribution in [0, 0.1) is 24.1 Å². The van der Waals surface area contributed by atoms with Gasteiger partial charge in [0.1, 0.15) is 5.82 Å². The lowest BCUT2D eigenvalue weighted by atomic mass is 10.1. The van der Waals surface area contributed by atoms with Gasteiger partial charge in [-0.3, -0.25) is 4.79 Å². The summed E-state index contributed by atoms with van der Waals surface area (Å²) < 4.78 is 12.9. The fourth-order valence-electron chi connectivity index (χ4n) is 2.19. The summed E-state index contributed by atoms with van der Waals surface area (Å²) in [6, 6.07) is 3.95. The second-order valence-corrected chi connectivity index (χ2v) is 4.41. The van der Waals surface area contributed by atoms with Crippen molar-refractivity contribution in [1.29, 1.82) is 0 Å². The van der Waals surface area contributed by atoms with Crippen LogP contribution in [0.4, 0.5) is 4.39 Å². The molecule has 98 valence electrons. The van der Waals surface area contributed by atoms with Gasteiger partial charge in [-0.15, -0.1) is 12.3 Å². The molecule has 2 atom stereocenters. The first kappa shape index (κ1) is 13.1. The van der Waals surface area contributed by atoms with Gasteiger partial charge in [-0.25, -0.2) is 9.18 Å². The minimum atomic E-state index is -1.15. The Hall–Kier alpha value is -2.35. The fourth-order valence-corrected chi connectivity index (χ4v) is 2.19. The Kier molecular flexibility index (Phi) is 3.52. The van der Waals surface area contributed by atoms with E-state index in [0.717, 1.165) is 0 Å². The number of carbonyl (C=O) groups excluding carboxylic acids is 1. The van der Waals surface area contributed by atoms with Crippen LogP contribution in [0.2, 0.25) is 0 Å². The predicted octanol–water partition coefficient (Wildman–Crippen LogP) is 1.43. The van der Waals surface area contributed by atoms with Crippen LogP contribution in [0.1, 0.15) is 18.0 Å². The first-order valence-electron chi connectivity index (χ1n) is 5.76. The molecule has 1 fully saturated rings. The third-order valence-corrected chi connectivity index (χ3v) is 3.13. The summed E-state index contributed by atoms with van der Waals surface area (Å²) in [6.45, 7) is 0.212. The molecule has 1 aromatic rings. The molecule has 0 aromatic heterocycles. The normalized spacial score (nSPS) is 20.1. The number of benzene rings is 1. The molecule has 2 rings (SSSR count). The van der Waals surface area contributed by atoms with Crippen molar-refractivity contribution in [2.24, 2.45) is 5.92 Å². The second kappa shape index (κ2) is 5.11. The minimum absolute atomic E-state index is 0.154. The summed E-state index contributed by atoms with van der Waals surface area (Å²) in [5, 5.41) is 9.29. The fraction of sp³-hybridized carbons (Fsp3) is 0.286. The lowest BCUT2D eigenvalue weighted by Crippen LogP contribution is -2.35. The molecule has 0 radical (unpaired) electrons. The second-order valence-electron chi connectivity index (χ2n) is 4.41. The van der Waals surface area contributed by atoms with E-state index in [-0.39, 0.29) is 24.8 Å². The van der Waals surface area contributed by atoms with Crippen molar-refractivity contribution in [3.63, 3.8) is 0 Å². The van der Waals surface area contributed by atoms with Crippen molar-refractivity contribution in [3.8, 4) is 12.3 Å². The van der Waals surface area contributed by atoms with Crippen molar-refractivity contribution >= 4 is 11.9 Å². The molecule has 1 aromatic carbocycles.